The molecule has 0 atom stereocenters. The van der Waals surface area contributed by atoms with Gasteiger partial charge in [0.15, 0.2) is 0 Å². The van der Waals surface area contributed by atoms with E-state index in [1.165, 1.54) is 7.11 Å². The number of aromatic nitrogens is 1. The molecule has 0 aliphatic rings. The Morgan fingerprint density at radius 1 is 0.923 bits per heavy atom. The number of methoxy groups -OCH3 is 2. The highest BCUT2D eigenvalue weighted by Gasteiger charge is 2.20. The highest BCUT2D eigenvalue weighted by atomic mass is 16.5. The van der Waals surface area contributed by atoms with Crippen molar-refractivity contribution < 1.29 is 24.2 Å². The van der Waals surface area contributed by atoms with Gasteiger partial charge in [-0.2, -0.15) is 0 Å². The second-order valence-electron chi connectivity index (χ2n) is 8.75. The van der Waals surface area contributed by atoms with Crippen molar-refractivity contribution >= 4 is 28.5 Å². The van der Waals surface area contributed by atoms with Crippen molar-refractivity contribution in [1.29, 1.82) is 0 Å². The number of pyridine rings is 1. The van der Waals surface area contributed by atoms with Crippen LogP contribution in [-0.2, 0) is 16.1 Å². The van der Waals surface area contributed by atoms with Gasteiger partial charge in [0.25, 0.3) is 0 Å². The predicted octanol–water partition coefficient (Wildman–Crippen LogP) is 6.34. The molecule has 3 aromatic carbocycles. The number of carbonyl (C=O) groups excluding carboxylic acids is 2. The zero-order valence-electron chi connectivity index (χ0n) is 23.2. The van der Waals surface area contributed by atoms with E-state index in [2.05, 4.69) is 11.1 Å². The number of aryl methyl sites for hydroxylation is 1. The molecule has 0 aliphatic heterocycles. The van der Waals surface area contributed by atoms with Crippen LogP contribution in [0.4, 0.5) is 5.82 Å². The topological polar surface area (TPSA) is 89.0 Å². The van der Waals surface area contributed by atoms with Gasteiger partial charge in [-0.15, -0.1) is 0 Å². The number of esters is 1. The van der Waals surface area contributed by atoms with Crippen LogP contribution in [0.3, 0.4) is 0 Å². The molecule has 1 amide bonds. The molecule has 0 saturated carbocycles. The second-order valence-corrected chi connectivity index (χ2v) is 8.75. The Hall–Kier alpha value is -4.23. The molecule has 7 heteroatoms. The summed E-state index contributed by atoms with van der Waals surface area (Å²) in [5, 5.41) is 10.8. The van der Waals surface area contributed by atoms with Crippen molar-refractivity contribution in [2.24, 2.45) is 0 Å². The maximum Gasteiger partial charge on any atom is 0.337 e. The van der Waals surface area contributed by atoms with Crippen LogP contribution >= 0.6 is 0 Å². The van der Waals surface area contributed by atoms with Crippen LogP contribution in [0.2, 0.25) is 0 Å². The van der Waals surface area contributed by atoms with E-state index in [-0.39, 0.29) is 18.9 Å². The number of ether oxygens (including phenoxy) is 2. The maximum atomic E-state index is 13.2. The van der Waals surface area contributed by atoms with E-state index in [9.17, 15) is 14.7 Å². The number of amides is 1. The molecule has 4 aromatic rings. The van der Waals surface area contributed by atoms with Gasteiger partial charge in [0.1, 0.15) is 11.6 Å². The van der Waals surface area contributed by atoms with Crippen molar-refractivity contribution in [2.75, 3.05) is 25.7 Å². The molecule has 0 saturated heterocycles. The van der Waals surface area contributed by atoms with Gasteiger partial charge in [0.05, 0.1) is 26.3 Å². The minimum atomic E-state index is -0.428. The summed E-state index contributed by atoms with van der Waals surface area (Å²) in [6.45, 7) is 6.26. The zero-order chi connectivity index (χ0) is 28.4. The zero-order valence-corrected chi connectivity index (χ0v) is 23.2. The van der Waals surface area contributed by atoms with E-state index in [4.69, 9.17) is 9.47 Å². The van der Waals surface area contributed by atoms with Crippen LogP contribution in [0.5, 0.6) is 5.75 Å². The Kier molecular flexibility index (Phi) is 10.6. The third-order valence-electron chi connectivity index (χ3n) is 6.29. The predicted molar refractivity (Wildman–Crippen MR) is 155 cm³/mol. The Bertz CT molecular complexity index is 1420. The van der Waals surface area contributed by atoms with Crippen LogP contribution in [0.25, 0.3) is 21.9 Å². The molecule has 0 spiro atoms. The van der Waals surface area contributed by atoms with E-state index >= 15 is 0 Å². The largest absolute Gasteiger partial charge is 0.496 e. The standard InChI is InChI=1S/C30H30N2O5.C2H6/c1-20-17-23(11-13-27(20)36-2)22-8-6-21(7-9-22)19-32(28(34)5-4-16-33)29-26-12-10-25(30(35)37-3)18-24(26)14-15-31-29;1-2/h6-15,17-18,33H,4-5,16,19H2,1-3H3;1-2H3. The fourth-order valence-corrected chi connectivity index (χ4v) is 4.31. The lowest BCUT2D eigenvalue weighted by Crippen LogP contribution is -2.31. The van der Waals surface area contributed by atoms with E-state index in [1.807, 2.05) is 57.2 Å². The van der Waals surface area contributed by atoms with Gasteiger partial charge < -0.3 is 14.6 Å². The van der Waals surface area contributed by atoms with Crippen molar-refractivity contribution in [1.82, 2.24) is 4.98 Å². The summed E-state index contributed by atoms with van der Waals surface area (Å²) in [7, 11) is 3.00. The Labute approximate surface area is 230 Å². The van der Waals surface area contributed by atoms with Crippen molar-refractivity contribution in [3.05, 3.63) is 89.6 Å². The summed E-state index contributed by atoms with van der Waals surface area (Å²) in [6.07, 6.45) is 2.18. The number of hydrogen-bond donors (Lipinski definition) is 1. The molecule has 204 valence electrons. The molecule has 0 unspecified atom stereocenters. The summed E-state index contributed by atoms with van der Waals surface area (Å²) in [6, 6.07) is 21.1. The number of benzene rings is 3. The first-order valence-corrected chi connectivity index (χ1v) is 13.1. The SMILES string of the molecule is CC.COC(=O)c1ccc2c(N(Cc3ccc(-c4ccc(OC)c(C)c4)cc3)C(=O)CCCO)nccc2c1. The van der Waals surface area contributed by atoms with Gasteiger partial charge in [0, 0.05) is 24.6 Å². The lowest BCUT2D eigenvalue weighted by atomic mass is 10.0. The molecule has 1 heterocycles. The lowest BCUT2D eigenvalue weighted by Gasteiger charge is -2.24. The second kappa shape index (κ2) is 14.1. The van der Waals surface area contributed by atoms with Crippen LogP contribution in [-0.4, -0.2) is 42.8 Å². The minimum Gasteiger partial charge on any atom is -0.496 e. The Morgan fingerprint density at radius 3 is 2.28 bits per heavy atom. The molecule has 1 aromatic heterocycles. The molecular weight excluding hydrogens is 492 g/mol. The molecule has 0 radical (unpaired) electrons. The van der Waals surface area contributed by atoms with Crippen molar-refractivity contribution in [2.45, 2.75) is 40.2 Å². The Balaban J connectivity index is 0.00000205. The monoisotopic (exact) mass is 528 g/mol. The number of nitrogens with zero attached hydrogens (tertiary/aromatic N) is 2. The van der Waals surface area contributed by atoms with Gasteiger partial charge in [-0.25, -0.2) is 9.78 Å². The summed E-state index contributed by atoms with van der Waals surface area (Å²) in [5.74, 6) is 0.787. The van der Waals surface area contributed by atoms with Crippen LogP contribution in [0.1, 0.15) is 48.2 Å². The summed E-state index contributed by atoms with van der Waals surface area (Å²) < 4.78 is 10.2. The summed E-state index contributed by atoms with van der Waals surface area (Å²) in [5.41, 5.74) is 4.57. The van der Waals surface area contributed by atoms with E-state index < -0.39 is 5.97 Å². The van der Waals surface area contributed by atoms with Crippen LogP contribution in [0.15, 0.2) is 72.9 Å². The quantitative estimate of drug-likeness (QED) is 0.255. The van der Waals surface area contributed by atoms with Gasteiger partial charge in [-0.1, -0.05) is 44.2 Å². The molecule has 0 aliphatic carbocycles. The van der Waals surface area contributed by atoms with E-state index in [0.29, 0.717) is 24.3 Å². The first kappa shape index (κ1) is 29.3. The summed E-state index contributed by atoms with van der Waals surface area (Å²) in [4.78, 5) is 31.4. The lowest BCUT2D eigenvalue weighted by molar-refractivity contribution is -0.119. The third kappa shape index (κ3) is 7.00. The number of anilines is 1. The number of aliphatic hydroxyl groups excluding tert-OH is 1. The molecule has 4 rings (SSSR count). The van der Waals surface area contributed by atoms with Gasteiger partial charge in [-0.3, -0.25) is 9.69 Å². The highest BCUT2D eigenvalue weighted by molar-refractivity contribution is 6.04. The smallest absolute Gasteiger partial charge is 0.337 e. The number of hydrogen-bond acceptors (Lipinski definition) is 6. The fraction of sp³-hybridized carbons (Fsp3) is 0.281. The molecule has 39 heavy (non-hydrogen) atoms. The number of carbonyl (C=O) groups is 2. The fourth-order valence-electron chi connectivity index (χ4n) is 4.31. The highest BCUT2D eigenvalue weighted by Crippen LogP contribution is 2.29. The van der Waals surface area contributed by atoms with Crippen LogP contribution in [0, 0.1) is 6.92 Å². The van der Waals surface area contributed by atoms with Gasteiger partial charge >= 0.3 is 5.97 Å². The van der Waals surface area contributed by atoms with Crippen molar-refractivity contribution in [3.63, 3.8) is 0 Å². The number of fused-ring (bicyclic) bond motifs is 1. The molecule has 0 fully saturated rings. The third-order valence-corrected chi connectivity index (χ3v) is 6.29. The van der Waals surface area contributed by atoms with Gasteiger partial charge in [-0.05, 0) is 77.4 Å². The van der Waals surface area contributed by atoms with E-state index in [1.54, 1.807) is 42.5 Å². The van der Waals surface area contributed by atoms with Gasteiger partial charge in [0.2, 0.25) is 5.91 Å². The molecule has 0 bridgehead atoms. The first-order valence-electron chi connectivity index (χ1n) is 13.1. The minimum absolute atomic E-state index is 0.0684. The molecule has 7 nitrogen and oxygen atoms in total. The normalized spacial score (nSPS) is 10.4. The maximum absolute atomic E-state index is 13.2. The summed E-state index contributed by atoms with van der Waals surface area (Å²) >= 11 is 0. The number of rotatable bonds is 9. The average molecular weight is 529 g/mol. The first-order chi connectivity index (χ1) is 18.9. The Morgan fingerprint density at radius 2 is 1.64 bits per heavy atom. The number of aliphatic hydroxyl groups is 1. The molecule has 1 N–H and O–H groups in total. The van der Waals surface area contributed by atoms with Crippen LogP contribution < -0.4 is 9.64 Å². The van der Waals surface area contributed by atoms with Crippen molar-refractivity contribution in [3.8, 4) is 16.9 Å². The average Bonchev–Trinajstić information content (AvgIpc) is 2.99. The van der Waals surface area contributed by atoms with E-state index in [0.717, 1.165) is 38.8 Å². The molecular formula is C32H36N2O5.